The molecular formula is C25H32N4O4. The molecule has 176 valence electrons. The highest BCUT2D eigenvalue weighted by Gasteiger charge is 2.27. The molecular weight excluding hydrogens is 420 g/mol. The zero-order valence-corrected chi connectivity index (χ0v) is 19.9. The van der Waals surface area contributed by atoms with Gasteiger partial charge in [-0.15, -0.1) is 0 Å². The molecule has 1 amide bonds. The Morgan fingerprint density at radius 3 is 2.39 bits per heavy atom. The van der Waals surface area contributed by atoms with Gasteiger partial charge in [-0.2, -0.15) is 0 Å². The fourth-order valence-corrected chi connectivity index (χ4v) is 3.72. The van der Waals surface area contributed by atoms with E-state index >= 15 is 0 Å². The summed E-state index contributed by atoms with van der Waals surface area (Å²) in [6.07, 6.45) is 0. The van der Waals surface area contributed by atoms with Crippen LogP contribution < -0.4 is 10.3 Å². The number of aromatic nitrogens is 2. The molecule has 0 aliphatic heterocycles. The standard InChI is InChI=1S/C25H32N4O4/c1-18(23-26-22-9-7-6-8-21(22)25(31)29(23)16-17-32-4)28(15-14-27(2)3)24(30)19-10-12-20(33-5)13-11-19/h6-13,18H,14-17H2,1-5H3. The Morgan fingerprint density at radius 1 is 1.06 bits per heavy atom. The molecule has 0 saturated heterocycles. The Bertz CT molecular complexity index is 1140. The molecule has 33 heavy (non-hydrogen) atoms. The number of hydrogen-bond acceptors (Lipinski definition) is 6. The van der Waals surface area contributed by atoms with Crippen molar-refractivity contribution in [1.82, 2.24) is 19.4 Å². The first-order chi connectivity index (χ1) is 15.9. The molecule has 1 unspecified atom stereocenters. The Kier molecular flexibility index (Phi) is 8.19. The molecule has 1 atom stereocenters. The minimum atomic E-state index is -0.436. The van der Waals surface area contributed by atoms with E-state index in [1.165, 1.54) is 0 Å². The lowest BCUT2D eigenvalue weighted by Crippen LogP contribution is -2.41. The van der Waals surface area contributed by atoms with Crippen molar-refractivity contribution in [3.63, 3.8) is 0 Å². The van der Waals surface area contributed by atoms with Crippen molar-refractivity contribution in [2.24, 2.45) is 0 Å². The summed E-state index contributed by atoms with van der Waals surface area (Å²) in [4.78, 5) is 35.5. The number of para-hydroxylation sites is 1. The van der Waals surface area contributed by atoms with Gasteiger partial charge in [-0.05, 0) is 57.4 Å². The average Bonchev–Trinajstić information content (AvgIpc) is 2.83. The van der Waals surface area contributed by atoms with Gasteiger partial charge in [-0.1, -0.05) is 12.1 Å². The topological polar surface area (TPSA) is 76.9 Å². The van der Waals surface area contributed by atoms with Gasteiger partial charge in [-0.3, -0.25) is 14.2 Å². The van der Waals surface area contributed by atoms with Gasteiger partial charge >= 0.3 is 0 Å². The first-order valence-corrected chi connectivity index (χ1v) is 11.0. The van der Waals surface area contributed by atoms with Gasteiger partial charge in [0.1, 0.15) is 11.6 Å². The summed E-state index contributed by atoms with van der Waals surface area (Å²) in [6.45, 7) is 3.78. The van der Waals surface area contributed by atoms with Crippen LogP contribution in [0.2, 0.25) is 0 Å². The van der Waals surface area contributed by atoms with Crippen molar-refractivity contribution in [1.29, 1.82) is 0 Å². The first kappa shape index (κ1) is 24.4. The lowest BCUT2D eigenvalue weighted by Gasteiger charge is -2.31. The molecule has 3 rings (SSSR count). The smallest absolute Gasteiger partial charge is 0.261 e. The van der Waals surface area contributed by atoms with E-state index < -0.39 is 6.04 Å². The predicted molar refractivity (Wildman–Crippen MR) is 129 cm³/mol. The number of likely N-dealkylation sites (N-methyl/N-ethyl adjacent to an activating group) is 1. The van der Waals surface area contributed by atoms with Crippen LogP contribution in [0.3, 0.4) is 0 Å². The van der Waals surface area contributed by atoms with Crippen LogP contribution in [0.5, 0.6) is 5.75 Å². The van der Waals surface area contributed by atoms with Crippen molar-refractivity contribution in [3.05, 3.63) is 70.3 Å². The summed E-state index contributed by atoms with van der Waals surface area (Å²) in [5.74, 6) is 1.09. The van der Waals surface area contributed by atoms with Crippen LogP contribution in [0.25, 0.3) is 10.9 Å². The zero-order valence-electron chi connectivity index (χ0n) is 19.9. The number of benzene rings is 2. The molecule has 2 aromatic carbocycles. The summed E-state index contributed by atoms with van der Waals surface area (Å²) >= 11 is 0. The number of fused-ring (bicyclic) bond motifs is 1. The monoisotopic (exact) mass is 452 g/mol. The fraction of sp³-hybridized carbons (Fsp3) is 0.400. The van der Waals surface area contributed by atoms with Crippen molar-refractivity contribution < 1.29 is 14.3 Å². The summed E-state index contributed by atoms with van der Waals surface area (Å²) < 4.78 is 12.1. The number of methoxy groups -OCH3 is 2. The molecule has 8 heteroatoms. The molecule has 0 aliphatic rings. The number of rotatable bonds is 10. The SMILES string of the molecule is COCCn1c(C(C)N(CCN(C)C)C(=O)c2ccc(OC)cc2)nc2ccccc2c1=O. The Hall–Kier alpha value is -3.23. The highest BCUT2D eigenvalue weighted by atomic mass is 16.5. The largest absolute Gasteiger partial charge is 0.497 e. The number of amides is 1. The van der Waals surface area contributed by atoms with Crippen LogP contribution in [0.4, 0.5) is 0 Å². The summed E-state index contributed by atoms with van der Waals surface area (Å²) in [7, 11) is 7.11. The van der Waals surface area contributed by atoms with E-state index in [0.717, 1.165) is 0 Å². The van der Waals surface area contributed by atoms with E-state index in [0.29, 0.717) is 54.3 Å². The minimum Gasteiger partial charge on any atom is -0.497 e. The summed E-state index contributed by atoms with van der Waals surface area (Å²) in [5.41, 5.74) is 1.03. The third kappa shape index (κ3) is 5.58. The number of nitrogens with zero attached hydrogens (tertiary/aromatic N) is 4. The van der Waals surface area contributed by atoms with Crippen LogP contribution in [0.15, 0.2) is 53.3 Å². The van der Waals surface area contributed by atoms with Crippen LogP contribution in [-0.2, 0) is 11.3 Å². The van der Waals surface area contributed by atoms with Gasteiger partial charge in [0.2, 0.25) is 0 Å². The van der Waals surface area contributed by atoms with Crippen LogP contribution in [-0.4, -0.2) is 73.3 Å². The second kappa shape index (κ2) is 11.1. The third-order valence-corrected chi connectivity index (χ3v) is 5.64. The maximum Gasteiger partial charge on any atom is 0.261 e. The predicted octanol–water partition coefficient (Wildman–Crippen LogP) is 2.82. The second-order valence-corrected chi connectivity index (χ2v) is 8.14. The van der Waals surface area contributed by atoms with Crippen LogP contribution >= 0.6 is 0 Å². The van der Waals surface area contributed by atoms with Gasteiger partial charge < -0.3 is 19.3 Å². The Labute approximate surface area is 194 Å². The Morgan fingerprint density at radius 2 is 1.76 bits per heavy atom. The molecule has 8 nitrogen and oxygen atoms in total. The van der Waals surface area contributed by atoms with Crippen LogP contribution in [0.1, 0.15) is 29.1 Å². The van der Waals surface area contributed by atoms with E-state index in [2.05, 4.69) is 0 Å². The number of ether oxygens (including phenoxy) is 2. The minimum absolute atomic E-state index is 0.132. The molecule has 1 aromatic heterocycles. The van der Waals surface area contributed by atoms with Gasteiger partial charge in [0.15, 0.2) is 0 Å². The van der Waals surface area contributed by atoms with Crippen molar-refractivity contribution in [2.75, 3.05) is 48.0 Å². The molecule has 0 saturated carbocycles. The maximum atomic E-state index is 13.6. The summed E-state index contributed by atoms with van der Waals surface area (Å²) in [6, 6.07) is 13.9. The fourth-order valence-electron chi connectivity index (χ4n) is 3.72. The highest BCUT2D eigenvalue weighted by molar-refractivity contribution is 5.94. The molecule has 0 bridgehead atoms. The van der Waals surface area contributed by atoms with E-state index in [9.17, 15) is 9.59 Å². The van der Waals surface area contributed by atoms with Gasteiger partial charge in [0, 0.05) is 25.8 Å². The van der Waals surface area contributed by atoms with E-state index in [4.69, 9.17) is 14.5 Å². The zero-order chi connectivity index (χ0) is 24.0. The molecule has 0 N–H and O–H groups in total. The van der Waals surface area contributed by atoms with Gasteiger partial charge in [0.05, 0.1) is 37.2 Å². The van der Waals surface area contributed by atoms with Crippen molar-refractivity contribution >= 4 is 16.8 Å². The molecule has 0 radical (unpaired) electrons. The molecule has 3 aromatic rings. The van der Waals surface area contributed by atoms with Gasteiger partial charge in [-0.25, -0.2) is 4.98 Å². The van der Waals surface area contributed by atoms with E-state index in [1.807, 2.05) is 44.1 Å². The first-order valence-electron chi connectivity index (χ1n) is 11.0. The van der Waals surface area contributed by atoms with E-state index in [1.54, 1.807) is 54.0 Å². The molecule has 0 fully saturated rings. The third-order valence-electron chi connectivity index (χ3n) is 5.64. The summed E-state index contributed by atoms with van der Waals surface area (Å²) in [5, 5.41) is 0.547. The normalized spacial score (nSPS) is 12.2. The molecule has 0 aliphatic carbocycles. The lowest BCUT2D eigenvalue weighted by atomic mass is 10.1. The van der Waals surface area contributed by atoms with Crippen molar-refractivity contribution in [2.45, 2.75) is 19.5 Å². The number of carbonyl (C=O) groups excluding carboxylic acids is 1. The molecule has 1 heterocycles. The van der Waals surface area contributed by atoms with Gasteiger partial charge in [0.25, 0.3) is 11.5 Å². The quantitative estimate of drug-likeness (QED) is 0.471. The van der Waals surface area contributed by atoms with E-state index in [-0.39, 0.29) is 11.5 Å². The Balaban J connectivity index is 2.08. The van der Waals surface area contributed by atoms with Crippen molar-refractivity contribution in [3.8, 4) is 5.75 Å². The molecule has 0 spiro atoms. The lowest BCUT2D eigenvalue weighted by molar-refractivity contribution is 0.0663. The maximum absolute atomic E-state index is 13.6. The number of hydrogen-bond donors (Lipinski definition) is 0. The second-order valence-electron chi connectivity index (χ2n) is 8.14. The number of carbonyl (C=O) groups is 1. The van der Waals surface area contributed by atoms with Crippen LogP contribution in [0, 0.1) is 0 Å². The average molecular weight is 453 g/mol. The highest BCUT2D eigenvalue weighted by Crippen LogP contribution is 2.23.